The lowest BCUT2D eigenvalue weighted by Crippen LogP contribution is -2.41. The molecule has 1 aliphatic heterocycles. The van der Waals surface area contributed by atoms with E-state index in [2.05, 4.69) is 35.9 Å². The zero-order valence-corrected chi connectivity index (χ0v) is 17.6. The van der Waals surface area contributed by atoms with Crippen molar-refractivity contribution in [1.82, 2.24) is 29.8 Å². The maximum atomic E-state index is 14.5. The third-order valence-corrected chi connectivity index (χ3v) is 5.98. The molecule has 0 radical (unpaired) electrons. The van der Waals surface area contributed by atoms with Crippen LogP contribution in [-0.4, -0.2) is 54.4 Å². The fourth-order valence-electron chi connectivity index (χ4n) is 4.18. The van der Waals surface area contributed by atoms with Crippen molar-refractivity contribution >= 4 is 34.7 Å². The molecule has 0 aromatic carbocycles. The van der Waals surface area contributed by atoms with Crippen LogP contribution in [-0.2, 0) is 4.79 Å². The lowest BCUT2D eigenvalue weighted by molar-refractivity contribution is -0.117. The van der Waals surface area contributed by atoms with E-state index in [0.29, 0.717) is 23.2 Å². The Morgan fingerprint density at radius 1 is 1.24 bits per heavy atom. The summed E-state index contributed by atoms with van der Waals surface area (Å²) in [6.07, 6.45) is 6.20. The number of alkyl halides is 1. The average Bonchev–Trinajstić information content (AvgIpc) is 3.20. The zero-order chi connectivity index (χ0) is 22.4. The number of aromatic nitrogens is 6. The van der Waals surface area contributed by atoms with Gasteiger partial charge in [-0.1, -0.05) is 0 Å². The van der Waals surface area contributed by atoms with Gasteiger partial charge in [0.2, 0.25) is 11.9 Å². The molecule has 2 fully saturated rings. The van der Waals surface area contributed by atoms with Crippen LogP contribution in [0.5, 0.6) is 0 Å². The van der Waals surface area contributed by atoms with Crippen molar-refractivity contribution in [3.05, 3.63) is 54.6 Å². The highest BCUT2D eigenvalue weighted by molar-refractivity contribution is 5.97. The van der Waals surface area contributed by atoms with Crippen molar-refractivity contribution in [2.24, 2.45) is 0 Å². The molecule has 6 rings (SSSR count). The van der Waals surface area contributed by atoms with E-state index in [1.807, 2.05) is 18.2 Å². The van der Waals surface area contributed by atoms with Gasteiger partial charge in [-0.3, -0.25) is 14.9 Å². The molecule has 33 heavy (non-hydrogen) atoms. The lowest BCUT2D eigenvalue weighted by Gasteiger charge is -2.24. The number of hydrogen-bond acceptors (Lipinski definition) is 7. The number of pyridine rings is 1. The number of fused-ring (bicyclic) bond motifs is 1. The average molecular weight is 447 g/mol. The van der Waals surface area contributed by atoms with Gasteiger partial charge >= 0.3 is 0 Å². The molecule has 5 heterocycles. The predicted octanol–water partition coefficient (Wildman–Crippen LogP) is 3.02. The maximum Gasteiger partial charge on any atom is 0.247 e. The number of halogens is 1. The first kappa shape index (κ1) is 19.6. The van der Waals surface area contributed by atoms with Crippen molar-refractivity contribution in [3.8, 4) is 0 Å². The van der Waals surface area contributed by atoms with Crippen LogP contribution in [0, 0.1) is 0 Å². The van der Waals surface area contributed by atoms with Crippen LogP contribution in [0.2, 0.25) is 0 Å². The van der Waals surface area contributed by atoms with Crippen LogP contribution >= 0.6 is 0 Å². The number of carbonyl (C=O) groups excluding carboxylic acids is 1. The maximum absolute atomic E-state index is 14.5. The number of H-pyrrole nitrogens is 1. The Morgan fingerprint density at radius 2 is 2.15 bits per heavy atom. The van der Waals surface area contributed by atoms with E-state index in [1.54, 1.807) is 40.1 Å². The third-order valence-electron chi connectivity index (χ3n) is 5.98. The minimum absolute atomic E-state index is 0.0333. The highest BCUT2D eigenvalue weighted by atomic mass is 19.1. The second kappa shape index (κ2) is 7.84. The summed E-state index contributed by atoms with van der Waals surface area (Å²) in [6, 6.07) is 8.44. The monoisotopic (exact) mass is 447 g/mol. The summed E-state index contributed by atoms with van der Waals surface area (Å²) in [5.74, 6) is 1.68. The van der Waals surface area contributed by atoms with Gasteiger partial charge in [0, 0.05) is 36.5 Å². The minimum atomic E-state index is -1.16. The Balaban J connectivity index is 1.30. The number of nitrogens with one attached hydrogen (secondary N) is 3. The molecule has 4 aromatic heterocycles. The van der Waals surface area contributed by atoms with Gasteiger partial charge in [0.1, 0.15) is 17.7 Å². The first-order valence-corrected chi connectivity index (χ1v) is 10.9. The summed E-state index contributed by atoms with van der Waals surface area (Å²) in [4.78, 5) is 23.2. The van der Waals surface area contributed by atoms with E-state index in [-0.39, 0.29) is 24.8 Å². The minimum Gasteiger partial charge on any atom is -0.324 e. The Kier molecular flexibility index (Phi) is 4.67. The van der Waals surface area contributed by atoms with Crippen molar-refractivity contribution < 1.29 is 9.18 Å². The SMILES string of the molecule is O=C(Nc1cccnc1)C1C[C@@H](F)CN1c1nc(Nc2cc(C3CC3)[nH]n2)c2cccn2n1. The topological polar surface area (TPSA) is 116 Å². The highest BCUT2D eigenvalue weighted by Crippen LogP contribution is 2.39. The molecule has 0 spiro atoms. The standard InChI is InChI=1S/C22H22FN9O/c23-14-9-18(21(33)25-15-3-1-7-24-11-15)31(12-14)22-27-20(17-4-2-8-32(17)30-22)26-19-10-16(28-29-19)13-5-6-13/h1-4,7-8,10-11,13-14,18H,5-6,9,12H2,(H,25,33)(H2,26,27,28,29,30)/t14-,18?/m1/s1. The Hall–Kier alpha value is -4.02. The highest BCUT2D eigenvalue weighted by Gasteiger charge is 2.39. The second-order valence-electron chi connectivity index (χ2n) is 8.44. The number of carbonyl (C=O) groups is 1. The van der Waals surface area contributed by atoms with Crippen molar-refractivity contribution in [2.45, 2.75) is 37.4 Å². The van der Waals surface area contributed by atoms with Crippen molar-refractivity contribution in [3.63, 3.8) is 0 Å². The molecule has 2 aliphatic rings. The van der Waals surface area contributed by atoms with Crippen LogP contribution in [0.25, 0.3) is 5.52 Å². The largest absolute Gasteiger partial charge is 0.324 e. The first-order chi connectivity index (χ1) is 16.1. The number of nitrogens with zero attached hydrogens (tertiary/aromatic N) is 6. The fourth-order valence-corrected chi connectivity index (χ4v) is 4.18. The number of rotatable bonds is 6. The molecular weight excluding hydrogens is 425 g/mol. The molecule has 4 aromatic rings. The molecule has 1 aliphatic carbocycles. The lowest BCUT2D eigenvalue weighted by atomic mass is 10.2. The molecule has 168 valence electrons. The van der Waals surface area contributed by atoms with Gasteiger partial charge in [-0.2, -0.15) is 10.1 Å². The van der Waals surface area contributed by atoms with E-state index < -0.39 is 12.2 Å². The second-order valence-corrected chi connectivity index (χ2v) is 8.44. The van der Waals surface area contributed by atoms with Gasteiger partial charge in [-0.15, -0.1) is 5.10 Å². The van der Waals surface area contributed by atoms with Crippen LogP contribution in [0.15, 0.2) is 48.9 Å². The molecule has 3 N–H and O–H groups in total. The zero-order valence-electron chi connectivity index (χ0n) is 17.6. The van der Waals surface area contributed by atoms with Crippen LogP contribution < -0.4 is 15.5 Å². The Bertz CT molecular complexity index is 1300. The third kappa shape index (κ3) is 3.86. The molecular formula is C22H22FN9O. The van der Waals surface area contributed by atoms with Crippen LogP contribution in [0.4, 0.5) is 27.7 Å². The van der Waals surface area contributed by atoms with Gasteiger partial charge < -0.3 is 15.5 Å². The number of amides is 1. The van der Waals surface area contributed by atoms with E-state index in [4.69, 9.17) is 0 Å². The van der Waals surface area contributed by atoms with Gasteiger partial charge in [-0.05, 0) is 37.1 Å². The van der Waals surface area contributed by atoms with E-state index in [0.717, 1.165) is 11.2 Å². The summed E-state index contributed by atoms with van der Waals surface area (Å²) in [5, 5.41) is 18.0. The van der Waals surface area contributed by atoms with Crippen LogP contribution in [0.1, 0.15) is 30.9 Å². The Morgan fingerprint density at radius 3 is 2.97 bits per heavy atom. The first-order valence-electron chi connectivity index (χ1n) is 10.9. The Labute approximate surface area is 188 Å². The predicted molar refractivity (Wildman–Crippen MR) is 120 cm³/mol. The van der Waals surface area contributed by atoms with Crippen molar-refractivity contribution in [2.75, 3.05) is 22.1 Å². The molecule has 1 unspecified atom stereocenters. The summed E-state index contributed by atoms with van der Waals surface area (Å²) in [6.45, 7) is 0.0333. The fraction of sp³-hybridized carbons (Fsp3) is 0.318. The number of aromatic amines is 1. The van der Waals surface area contributed by atoms with Crippen LogP contribution in [0.3, 0.4) is 0 Å². The summed E-state index contributed by atoms with van der Waals surface area (Å²) in [7, 11) is 0. The quantitative estimate of drug-likeness (QED) is 0.416. The molecule has 2 atom stereocenters. The summed E-state index contributed by atoms with van der Waals surface area (Å²) in [5.41, 5.74) is 2.41. The number of anilines is 4. The summed E-state index contributed by atoms with van der Waals surface area (Å²) >= 11 is 0. The van der Waals surface area contributed by atoms with Gasteiger partial charge in [-0.25, -0.2) is 8.91 Å². The molecule has 10 nitrogen and oxygen atoms in total. The van der Waals surface area contributed by atoms with Gasteiger partial charge in [0.15, 0.2) is 11.6 Å². The summed E-state index contributed by atoms with van der Waals surface area (Å²) < 4.78 is 16.1. The number of hydrogen-bond donors (Lipinski definition) is 3. The molecule has 1 amide bonds. The van der Waals surface area contributed by atoms with E-state index in [9.17, 15) is 9.18 Å². The normalized spacial score (nSPS) is 20.3. The van der Waals surface area contributed by atoms with E-state index >= 15 is 0 Å². The van der Waals surface area contributed by atoms with Gasteiger partial charge in [0.25, 0.3) is 0 Å². The molecule has 0 bridgehead atoms. The molecule has 11 heteroatoms. The smallest absolute Gasteiger partial charge is 0.247 e. The molecule has 1 saturated carbocycles. The molecule has 1 saturated heterocycles. The van der Waals surface area contributed by atoms with Crippen molar-refractivity contribution in [1.29, 1.82) is 0 Å². The van der Waals surface area contributed by atoms with E-state index in [1.165, 1.54) is 12.8 Å². The van der Waals surface area contributed by atoms with Gasteiger partial charge in [0.05, 0.1) is 18.4 Å².